The van der Waals surface area contributed by atoms with Crippen molar-refractivity contribution >= 4 is 12.0 Å². The number of nitrogens with zero attached hydrogens (tertiary/aromatic N) is 1. The van der Waals surface area contributed by atoms with Crippen LogP contribution in [0.4, 0.5) is 4.79 Å². The summed E-state index contributed by atoms with van der Waals surface area (Å²) in [5, 5.41) is 22.9. The van der Waals surface area contributed by atoms with Crippen molar-refractivity contribution in [1.82, 2.24) is 15.5 Å². The number of urea groups is 1. The van der Waals surface area contributed by atoms with Crippen LogP contribution in [-0.2, 0) is 4.79 Å². The first-order valence-electron chi connectivity index (χ1n) is 7.17. The Morgan fingerprint density at radius 1 is 1.30 bits per heavy atom. The van der Waals surface area contributed by atoms with Gasteiger partial charge in [0.05, 0.1) is 0 Å². The molecule has 0 unspecified atom stereocenters. The van der Waals surface area contributed by atoms with Crippen molar-refractivity contribution in [2.75, 3.05) is 32.7 Å². The van der Waals surface area contributed by atoms with E-state index in [2.05, 4.69) is 22.5 Å². The van der Waals surface area contributed by atoms with Gasteiger partial charge in [0.2, 0.25) is 0 Å². The van der Waals surface area contributed by atoms with E-state index in [4.69, 9.17) is 10.2 Å². The van der Waals surface area contributed by atoms with Crippen molar-refractivity contribution in [1.29, 1.82) is 0 Å². The normalized spacial score (nSPS) is 18.5. The summed E-state index contributed by atoms with van der Waals surface area (Å²) in [6, 6.07) is -0.305. The maximum absolute atomic E-state index is 11.5. The minimum atomic E-state index is -1.42. The molecule has 0 aliphatic carbocycles. The summed E-state index contributed by atoms with van der Waals surface area (Å²) in [7, 11) is 0. The molecule has 116 valence electrons. The molecular formula is C13H25N3O4. The van der Waals surface area contributed by atoms with Gasteiger partial charge in [-0.2, -0.15) is 0 Å². The molecule has 0 spiro atoms. The number of nitrogens with one attached hydrogen (secondary N) is 2. The van der Waals surface area contributed by atoms with Crippen molar-refractivity contribution in [2.45, 2.75) is 32.3 Å². The number of aliphatic hydroxyl groups excluding tert-OH is 1. The van der Waals surface area contributed by atoms with Crippen LogP contribution in [0.25, 0.3) is 0 Å². The highest BCUT2D eigenvalue weighted by atomic mass is 16.4. The van der Waals surface area contributed by atoms with E-state index >= 15 is 0 Å². The molecule has 0 aromatic carbocycles. The second-order valence-electron chi connectivity index (χ2n) is 5.16. The third-order valence-corrected chi connectivity index (χ3v) is 3.69. The topological polar surface area (TPSA) is 102 Å². The first-order chi connectivity index (χ1) is 9.52. The Hall–Kier alpha value is -1.34. The summed E-state index contributed by atoms with van der Waals surface area (Å²) < 4.78 is 0. The van der Waals surface area contributed by atoms with Gasteiger partial charge in [-0.25, -0.2) is 9.59 Å². The average molecular weight is 287 g/mol. The van der Waals surface area contributed by atoms with Crippen molar-refractivity contribution < 1.29 is 19.8 Å². The molecule has 0 bridgehead atoms. The maximum atomic E-state index is 11.5. The van der Waals surface area contributed by atoms with Crippen molar-refractivity contribution in [3.8, 4) is 0 Å². The fraction of sp³-hybridized carbons (Fsp3) is 0.846. The molecule has 1 aliphatic rings. The standard InChI is InChI=1S/C13H25N3O4/c1-2-16-7-4-10(5-8-16)9-15-13(20)14-6-3-11(17)12(18)19/h10-11,17H,2-9H2,1H3,(H,18,19)(H2,14,15,20)/t11-/m0/s1. The van der Waals surface area contributed by atoms with Gasteiger partial charge in [0.25, 0.3) is 0 Å². The van der Waals surface area contributed by atoms with Gasteiger partial charge in [-0.15, -0.1) is 0 Å². The summed E-state index contributed by atoms with van der Waals surface area (Å²) in [4.78, 5) is 24.3. The predicted molar refractivity (Wildman–Crippen MR) is 74.5 cm³/mol. The van der Waals surface area contributed by atoms with Crippen LogP contribution >= 0.6 is 0 Å². The number of rotatable bonds is 7. The summed E-state index contributed by atoms with van der Waals surface area (Å²) in [5.74, 6) is -0.761. The third-order valence-electron chi connectivity index (χ3n) is 3.69. The molecule has 1 saturated heterocycles. The van der Waals surface area contributed by atoms with Crippen LogP contribution in [-0.4, -0.2) is 65.9 Å². The van der Waals surface area contributed by atoms with Crippen molar-refractivity contribution in [3.05, 3.63) is 0 Å². The second-order valence-corrected chi connectivity index (χ2v) is 5.16. The number of amides is 2. The molecule has 0 radical (unpaired) electrons. The quantitative estimate of drug-likeness (QED) is 0.522. The lowest BCUT2D eigenvalue weighted by atomic mass is 9.97. The molecule has 0 aromatic rings. The summed E-state index contributed by atoms with van der Waals surface area (Å²) in [6.45, 7) is 6.17. The molecular weight excluding hydrogens is 262 g/mol. The molecule has 1 rings (SSSR count). The number of aliphatic hydroxyl groups is 1. The van der Waals surface area contributed by atoms with Gasteiger partial charge in [-0.1, -0.05) is 6.92 Å². The van der Waals surface area contributed by atoms with Crippen LogP contribution in [0.2, 0.25) is 0 Å². The van der Waals surface area contributed by atoms with E-state index in [9.17, 15) is 9.59 Å². The lowest BCUT2D eigenvalue weighted by Crippen LogP contribution is -2.42. The third kappa shape index (κ3) is 6.21. The monoisotopic (exact) mass is 287 g/mol. The van der Waals surface area contributed by atoms with E-state index in [1.807, 2.05) is 0 Å². The van der Waals surface area contributed by atoms with E-state index in [0.717, 1.165) is 32.5 Å². The summed E-state index contributed by atoms with van der Waals surface area (Å²) in [6.07, 6.45) is 0.767. The van der Waals surface area contributed by atoms with Crippen LogP contribution in [0.1, 0.15) is 26.2 Å². The fourth-order valence-electron chi connectivity index (χ4n) is 2.25. The number of hydrogen-bond acceptors (Lipinski definition) is 4. The molecule has 1 atom stereocenters. The highest BCUT2D eigenvalue weighted by Gasteiger charge is 2.18. The zero-order valence-electron chi connectivity index (χ0n) is 12.0. The highest BCUT2D eigenvalue weighted by Crippen LogP contribution is 2.15. The first-order valence-corrected chi connectivity index (χ1v) is 7.17. The lowest BCUT2D eigenvalue weighted by Gasteiger charge is -2.31. The molecule has 2 amide bonds. The fourth-order valence-corrected chi connectivity index (χ4v) is 2.25. The Morgan fingerprint density at radius 2 is 1.95 bits per heavy atom. The van der Waals surface area contributed by atoms with Crippen LogP contribution in [0.5, 0.6) is 0 Å². The number of carbonyl (C=O) groups excluding carboxylic acids is 1. The predicted octanol–water partition coefficient (Wildman–Crippen LogP) is -0.147. The lowest BCUT2D eigenvalue weighted by molar-refractivity contribution is -0.146. The minimum Gasteiger partial charge on any atom is -0.479 e. The smallest absolute Gasteiger partial charge is 0.332 e. The van der Waals surface area contributed by atoms with Crippen LogP contribution in [0.15, 0.2) is 0 Å². The Morgan fingerprint density at radius 3 is 2.50 bits per heavy atom. The number of piperidine rings is 1. The Kier molecular flexibility index (Phi) is 7.32. The molecule has 1 heterocycles. The molecule has 0 aromatic heterocycles. The number of carbonyl (C=O) groups is 2. The minimum absolute atomic E-state index is 0.0115. The van der Waals surface area contributed by atoms with Crippen LogP contribution in [0.3, 0.4) is 0 Å². The van der Waals surface area contributed by atoms with Gasteiger partial charge in [0, 0.05) is 19.5 Å². The number of hydrogen-bond donors (Lipinski definition) is 4. The summed E-state index contributed by atoms with van der Waals surface area (Å²) in [5.41, 5.74) is 0. The van der Waals surface area contributed by atoms with Crippen molar-refractivity contribution in [2.24, 2.45) is 5.92 Å². The number of aliphatic carboxylic acids is 1. The second kappa shape index (κ2) is 8.76. The van der Waals surface area contributed by atoms with Crippen molar-refractivity contribution in [3.63, 3.8) is 0 Å². The van der Waals surface area contributed by atoms with Gasteiger partial charge >= 0.3 is 12.0 Å². The van der Waals surface area contributed by atoms with E-state index < -0.39 is 12.1 Å². The molecule has 7 heteroatoms. The highest BCUT2D eigenvalue weighted by molar-refractivity contribution is 5.74. The first kappa shape index (κ1) is 16.7. The summed E-state index contributed by atoms with van der Waals surface area (Å²) >= 11 is 0. The molecule has 0 saturated carbocycles. The molecule has 1 fully saturated rings. The molecule has 1 aliphatic heterocycles. The largest absolute Gasteiger partial charge is 0.479 e. The molecule has 4 N–H and O–H groups in total. The molecule has 20 heavy (non-hydrogen) atoms. The van der Waals surface area contributed by atoms with Crippen LogP contribution < -0.4 is 10.6 Å². The number of carboxylic acid groups (broad SMARTS) is 1. The number of likely N-dealkylation sites (tertiary alicyclic amines) is 1. The number of carboxylic acids is 1. The zero-order chi connectivity index (χ0) is 15.0. The molecule has 7 nitrogen and oxygen atoms in total. The van der Waals surface area contributed by atoms with Crippen LogP contribution in [0, 0.1) is 5.92 Å². The van der Waals surface area contributed by atoms with E-state index in [0.29, 0.717) is 12.5 Å². The maximum Gasteiger partial charge on any atom is 0.332 e. The van der Waals surface area contributed by atoms with Gasteiger partial charge < -0.3 is 25.7 Å². The van der Waals surface area contributed by atoms with Gasteiger partial charge in [0.1, 0.15) is 0 Å². The Balaban J connectivity index is 2.07. The van der Waals surface area contributed by atoms with E-state index in [1.165, 1.54) is 0 Å². The Labute approximate surface area is 119 Å². The van der Waals surface area contributed by atoms with E-state index in [-0.39, 0.29) is 19.0 Å². The van der Waals surface area contributed by atoms with Gasteiger partial charge in [-0.3, -0.25) is 0 Å². The average Bonchev–Trinajstić information content (AvgIpc) is 2.45. The van der Waals surface area contributed by atoms with Gasteiger partial charge in [-0.05, 0) is 38.4 Å². The zero-order valence-corrected chi connectivity index (χ0v) is 12.0. The Bertz CT molecular complexity index is 317. The van der Waals surface area contributed by atoms with E-state index in [1.54, 1.807) is 0 Å². The SMILES string of the molecule is CCN1CCC(CNC(=O)NCC[C@H](O)C(=O)O)CC1. The van der Waals surface area contributed by atoms with Gasteiger partial charge in [0.15, 0.2) is 6.10 Å².